The summed E-state index contributed by atoms with van der Waals surface area (Å²) in [7, 11) is 1.54. The van der Waals surface area contributed by atoms with E-state index in [1.54, 1.807) is 12.4 Å². The van der Waals surface area contributed by atoms with Crippen LogP contribution < -0.4 is 10.5 Å². The molecule has 3 aromatic rings. The molecule has 3 rings (SSSR count). The number of nitrogens with one attached hydrogen (secondary N) is 1. The predicted octanol–water partition coefficient (Wildman–Crippen LogP) is 2.70. The summed E-state index contributed by atoms with van der Waals surface area (Å²) >= 11 is 6.36. The molecule has 3 N–H and O–H groups in total. The molecule has 0 aliphatic rings. The molecule has 0 saturated carbocycles. The van der Waals surface area contributed by atoms with Crippen molar-refractivity contribution in [1.82, 2.24) is 15.0 Å². The van der Waals surface area contributed by atoms with Crippen LogP contribution in [0.1, 0.15) is 12.1 Å². The summed E-state index contributed by atoms with van der Waals surface area (Å²) in [5, 5.41) is 1.55. The summed E-state index contributed by atoms with van der Waals surface area (Å²) in [6.07, 6.45) is 4.03. The van der Waals surface area contributed by atoms with Crippen LogP contribution in [0.5, 0.6) is 5.88 Å². The second-order valence-corrected chi connectivity index (χ2v) is 5.53. The Kier molecular flexibility index (Phi) is 4.16. The number of fused-ring (bicyclic) bond motifs is 1. The Bertz CT molecular complexity index is 858. The molecule has 0 saturated heterocycles. The smallest absolute Gasteiger partial charge is 0.232 e. The molecular weight excluding hydrogens is 316 g/mol. The average molecular weight is 331 g/mol. The molecule has 2 aromatic heterocycles. The van der Waals surface area contributed by atoms with E-state index in [9.17, 15) is 4.79 Å². The maximum atomic E-state index is 10.9. The fourth-order valence-electron chi connectivity index (χ4n) is 2.36. The predicted molar refractivity (Wildman–Crippen MR) is 88.4 cm³/mol. The van der Waals surface area contributed by atoms with Crippen LogP contribution in [-0.2, 0) is 11.2 Å². The van der Waals surface area contributed by atoms with Gasteiger partial charge in [0.1, 0.15) is 0 Å². The number of primary amides is 1. The molecule has 0 fully saturated rings. The highest BCUT2D eigenvalue weighted by molar-refractivity contribution is 6.34. The van der Waals surface area contributed by atoms with E-state index < -0.39 is 0 Å². The third-order valence-corrected chi connectivity index (χ3v) is 3.83. The van der Waals surface area contributed by atoms with E-state index >= 15 is 0 Å². The molecule has 0 unspecified atom stereocenters. The highest BCUT2D eigenvalue weighted by atomic mass is 35.5. The quantitative estimate of drug-likeness (QED) is 0.752. The van der Waals surface area contributed by atoms with Crippen molar-refractivity contribution in [2.45, 2.75) is 12.8 Å². The van der Waals surface area contributed by atoms with Crippen LogP contribution in [0.2, 0.25) is 5.02 Å². The van der Waals surface area contributed by atoms with Crippen LogP contribution in [0, 0.1) is 0 Å². The zero-order chi connectivity index (χ0) is 16.4. The molecule has 0 spiro atoms. The number of H-pyrrole nitrogens is 1. The summed E-state index contributed by atoms with van der Waals surface area (Å²) in [5.41, 5.74) is 8.47. The number of halogens is 1. The van der Waals surface area contributed by atoms with Gasteiger partial charge in [0.15, 0.2) is 0 Å². The van der Waals surface area contributed by atoms with E-state index in [0.29, 0.717) is 29.4 Å². The number of aromatic nitrogens is 3. The van der Waals surface area contributed by atoms with Crippen molar-refractivity contribution in [3.63, 3.8) is 0 Å². The van der Waals surface area contributed by atoms with Gasteiger partial charge in [-0.1, -0.05) is 11.6 Å². The second-order valence-electron chi connectivity index (χ2n) is 5.12. The van der Waals surface area contributed by atoms with Crippen LogP contribution in [0.3, 0.4) is 0 Å². The van der Waals surface area contributed by atoms with Gasteiger partial charge in [0.25, 0.3) is 0 Å². The van der Waals surface area contributed by atoms with Crippen molar-refractivity contribution >= 4 is 28.4 Å². The summed E-state index contributed by atoms with van der Waals surface area (Å²) in [6.45, 7) is 0. The lowest BCUT2D eigenvalue weighted by Gasteiger charge is -2.05. The first-order valence-electron chi connectivity index (χ1n) is 7.02. The van der Waals surface area contributed by atoms with Gasteiger partial charge in [-0.25, -0.2) is 9.97 Å². The number of hydrogen-bond donors (Lipinski definition) is 2. The first-order valence-corrected chi connectivity index (χ1v) is 7.40. The number of hydrogen-bond acceptors (Lipinski definition) is 4. The maximum absolute atomic E-state index is 10.9. The van der Waals surface area contributed by atoms with Gasteiger partial charge in [0.2, 0.25) is 11.8 Å². The molecule has 1 amide bonds. The van der Waals surface area contributed by atoms with E-state index in [-0.39, 0.29) is 5.91 Å². The van der Waals surface area contributed by atoms with Crippen molar-refractivity contribution in [3.05, 3.63) is 41.3 Å². The highest BCUT2D eigenvalue weighted by Gasteiger charge is 2.10. The van der Waals surface area contributed by atoms with E-state index in [0.717, 1.165) is 22.2 Å². The monoisotopic (exact) mass is 330 g/mol. The minimum atomic E-state index is -0.323. The molecule has 0 radical (unpaired) electrons. The Morgan fingerprint density at radius 1 is 1.30 bits per heavy atom. The van der Waals surface area contributed by atoms with Crippen molar-refractivity contribution in [2.24, 2.45) is 5.73 Å². The zero-order valence-electron chi connectivity index (χ0n) is 12.5. The molecule has 0 bridgehead atoms. The summed E-state index contributed by atoms with van der Waals surface area (Å²) < 4.78 is 5.00. The second kappa shape index (κ2) is 6.26. The number of methoxy groups -OCH3 is 1. The zero-order valence-corrected chi connectivity index (χ0v) is 13.2. The van der Waals surface area contributed by atoms with Crippen LogP contribution in [0.4, 0.5) is 0 Å². The maximum Gasteiger partial charge on any atom is 0.232 e. The fraction of sp³-hybridized carbons (Fsp3) is 0.188. The van der Waals surface area contributed by atoms with E-state index in [1.165, 1.54) is 7.11 Å². The molecule has 0 aliphatic carbocycles. The third-order valence-electron chi connectivity index (χ3n) is 3.52. The standard InChI is InChI=1S/C16H15ClN4O2/c1-23-16-8-19-14(7-20-16)11-6-13-9(5-12(11)17)4-10(21-13)2-3-15(18)22/h4-8,21H,2-3H2,1H3,(H2,18,22). The molecule has 0 aliphatic heterocycles. The van der Waals surface area contributed by atoms with Gasteiger partial charge >= 0.3 is 0 Å². The number of carbonyl (C=O) groups is 1. The van der Waals surface area contributed by atoms with Crippen molar-refractivity contribution < 1.29 is 9.53 Å². The number of nitrogens with zero attached hydrogens (tertiary/aromatic N) is 2. The number of ether oxygens (including phenoxy) is 1. The summed E-state index contributed by atoms with van der Waals surface area (Å²) in [6, 6.07) is 5.75. The molecular formula is C16H15ClN4O2. The van der Waals surface area contributed by atoms with E-state index in [2.05, 4.69) is 15.0 Å². The molecule has 23 heavy (non-hydrogen) atoms. The number of rotatable bonds is 5. The molecule has 0 atom stereocenters. The average Bonchev–Trinajstić information content (AvgIpc) is 2.94. The summed E-state index contributed by atoms with van der Waals surface area (Å²) in [5.74, 6) is 0.121. The van der Waals surface area contributed by atoms with E-state index in [4.69, 9.17) is 22.1 Å². The van der Waals surface area contributed by atoms with Crippen molar-refractivity contribution in [3.8, 4) is 17.1 Å². The van der Waals surface area contributed by atoms with Crippen molar-refractivity contribution in [1.29, 1.82) is 0 Å². The minimum Gasteiger partial charge on any atom is -0.480 e. The Labute approximate surface area is 137 Å². The van der Waals surface area contributed by atoms with E-state index in [1.807, 2.05) is 18.2 Å². The number of benzene rings is 1. The Balaban J connectivity index is 1.97. The molecule has 1 aromatic carbocycles. The first-order chi connectivity index (χ1) is 11.1. The van der Waals surface area contributed by atoms with Gasteiger partial charge in [0, 0.05) is 28.6 Å². The van der Waals surface area contributed by atoms with Crippen LogP contribution >= 0.6 is 11.6 Å². The number of carbonyl (C=O) groups excluding carboxylic acids is 1. The number of nitrogens with two attached hydrogens (primary N) is 1. The lowest BCUT2D eigenvalue weighted by atomic mass is 10.1. The molecule has 118 valence electrons. The van der Waals surface area contributed by atoms with Gasteiger partial charge in [-0.3, -0.25) is 4.79 Å². The SMILES string of the molecule is COc1cnc(-c2cc3[nH]c(CCC(N)=O)cc3cc2Cl)cn1. The molecule has 6 nitrogen and oxygen atoms in total. The highest BCUT2D eigenvalue weighted by Crippen LogP contribution is 2.31. The first kappa shape index (κ1) is 15.3. The van der Waals surface area contributed by atoms with Gasteiger partial charge in [-0.15, -0.1) is 0 Å². The Morgan fingerprint density at radius 2 is 2.13 bits per heavy atom. The summed E-state index contributed by atoms with van der Waals surface area (Å²) in [4.78, 5) is 22.6. The Morgan fingerprint density at radius 3 is 2.78 bits per heavy atom. The topological polar surface area (TPSA) is 93.9 Å². The van der Waals surface area contributed by atoms with Gasteiger partial charge in [0.05, 0.1) is 30.2 Å². The third kappa shape index (κ3) is 3.27. The van der Waals surface area contributed by atoms with Gasteiger partial charge in [-0.05, 0) is 24.6 Å². The lowest BCUT2D eigenvalue weighted by Crippen LogP contribution is -2.11. The van der Waals surface area contributed by atoms with Crippen LogP contribution in [0.25, 0.3) is 22.2 Å². The van der Waals surface area contributed by atoms with Gasteiger partial charge in [-0.2, -0.15) is 0 Å². The fourth-order valence-corrected chi connectivity index (χ4v) is 2.63. The number of aryl methyl sites for hydroxylation is 1. The number of aromatic amines is 1. The normalized spacial score (nSPS) is 10.9. The minimum absolute atomic E-state index is 0.303. The number of amides is 1. The van der Waals surface area contributed by atoms with Gasteiger partial charge < -0.3 is 15.5 Å². The van der Waals surface area contributed by atoms with Crippen LogP contribution in [-0.4, -0.2) is 28.0 Å². The van der Waals surface area contributed by atoms with Crippen molar-refractivity contribution in [2.75, 3.05) is 7.11 Å². The molecule has 2 heterocycles. The molecule has 7 heteroatoms. The van der Waals surface area contributed by atoms with Crippen LogP contribution in [0.15, 0.2) is 30.6 Å². The largest absolute Gasteiger partial charge is 0.480 e. The lowest BCUT2D eigenvalue weighted by molar-refractivity contribution is -0.118. The Hall–Kier alpha value is -2.60.